The molecule has 0 radical (unpaired) electrons. The van der Waals surface area contributed by atoms with E-state index in [1.165, 1.54) is 0 Å². The SMILES string of the molecule is CC1=C2[C@@H]3OC(=O)[C@@H](C)[C@@H]3CC[C@](C)(O)[C@@H]2[C@H]2[C@H]3C(=O)[C@H](C)[C@]4([C@@H]3[C@@](C)(O)CC[C@@H]3[C@@H](C)C(=O)O[C@@H]34)[C@@H]12. The zero-order valence-corrected chi connectivity index (χ0v) is 22.7. The number of rotatable bonds is 0. The molecule has 0 unspecified atom stereocenters. The number of ether oxygens (including phenoxy) is 2. The van der Waals surface area contributed by atoms with Gasteiger partial charge >= 0.3 is 11.9 Å². The van der Waals surface area contributed by atoms with E-state index in [4.69, 9.17) is 9.47 Å². The van der Waals surface area contributed by atoms with E-state index in [2.05, 4.69) is 6.92 Å². The summed E-state index contributed by atoms with van der Waals surface area (Å²) in [4.78, 5) is 39.9. The summed E-state index contributed by atoms with van der Waals surface area (Å²) < 4.78 is 12.3. The molecule has 0 amide bonds. The van der Waals surface area contributed by atoms with E-state index in [0.29, 0.717) is 25.7 Å². The van der Waals surface area contributed by atoms with Gasteiger partial charge in [0, 0.05) is 40.9 Å². The summed E-state index contributed by atoms with van der Waals surface area (Å²) in [6.07, 6.45) is 1.59. The first-order chi connectivity index (χ1) is 17.3. The molecule has 202 valence electrons. The van der Waals surface area contributed by atoms with Crippen molar-refractivity contribution in [2.45, 2.75) is 90.6 Å². The van der Waals surface area contributed by atoms with E-state index < -0.39 is 28.6 Å². The van der Waals surface area contributed by atoms with Crippen molar-refractivity contribution in [2.24, 2.45) is 64.6 Å². The lowest BCUT2D eigenvalue weighted by atomic mass is 9.56. The lowest BCUT2D eigenvalue weighted by Crippen LogP contribution is -2.54. The van der Waals surface area contributed by atoms with Crippen LogP contribution in [0.15, 0.2) is 11.1 Å². The van der Waals surface area contributed by atoms with Crippen molar-refractivity contribution in [1.29, 1.82) is 0 Å². The van der Waals surface area contributed by atoms with Gasteiger partial charge in [-0.05, 0) is 63.9 Å². The van der Waals surface area contributed by atoms with Crippen molar-refractivity contribution in [3.8, 4) is 0 Å². The van der Waals surface area contributed by atoms with Gasteiger partial charge in [-0.25, -0.2) is 0 Å². The summed E-state index contributed by atoms with van der Waals surface area (Å²) >= 11 is 0. The molecular formula is C30H40O7. The Morgan fingerprint density at radius 1 is 0.838 bits per heavy atom. The minimum absolute atomic E-state index is 0.00106. The summed E-state index contributed by atoms with van der Waals surface area (Å²) in [5.74, 6) is -2.64. The van der Waals surface area contributed by atoms with Gasteiger partial charge in [0.05, 0.1) is 23.0 Å². The Balaban J connectivity index is 1.49. The molecule has 37 heavy (non-hydrogen) atoms. The van der Waals surface area contributed by atoms with Gasteiger partial charge in [0.2, 0.25) is 0 Å². The molecule has 2 N–H and O–H groups in total. The van der Waals surface area contributed by atoms with E-state index in [0.717, 1.165) is 11.1 Å². The van der Waals surface area contributed by atoms with Gasteiger partial charge in [0.25, 0.3) is 0 Å². The molecule has 7 rings (SSSR count). The second kappa shape index (κ2) is 7.07. The van der Waals surface area contributed by atoms with Crippen LogP contribution in [0.3, 0.4) is 0 Å². The number of hydrogen-bond acceptors (Lipinski definition) is 7. The van der Waals surface area contributed by atoms with Crippen molar-refractivity contribution in [1.82, 2.24) is 0 Å². The second-order valence-electron chi connectivity index (χ2n) is 14.2. The highest BCUT2D eigenvalue weighted by Crippen LogP contribution is 2.79. The Bertz CT molecular complexity index is 1150. The minimum atomic E-state index is -1.08. The lowest BCUT2D eigenvalue weighted by molar-refractivity contribution is -0.162. The van der Waals surface area contributed by atoms with Crippen LogP contribution in [-0.4, -0.2) is 51.3 Å². The highest BCUT2D eigenvalue weighted by atomic mass is 16.6. The van der Waals surface area contributed by atoms with Gasteiger partial charge in [-0.1, -0.05) is 26.3 Å². The first-order valence-electron chi connectivity index (χ1n) is 14.4. The van der Waals surface area contributed by atoms with Crippen molar-refractivity contribution in [2.75, 3.05) is 0 Å². The normalized spacial score (nSPS) is 59.7. The Hall–Kier alpha value is -1.73. The maximum Gasteiger partial charge on any atom is 0.309 e. The molecule has 5 aliphatic carbocycles. The number of fused-ring (bicyclic) bond motifs is 7. The topological polar surface area (TPSA) is 110 Å². The lowest BCUT2D eigenvalue weighted by Gasteiger charge is -2.49. The van der Waals surface area contributed by atoms with Crippen LogP contribution >= 0.6 is 0 Å². The molecule has 0 aromatic rings. The third-order valence-electron chi connectivity index (χ3n) is 12.8. The number of carbonyl (C=O) groups excluding carboxylic acids is 3. The molecular weight excluding hydrogens is 472 g/mol. The highest BCUT2D eigenvalue weighted by Gasteiger charge is 2.83. The molecule has 2 bridgehead atoms. The van der Waals surface area contributed by atoms with Crippen LogP contribution in [0.2, 0.25) is 0 Å². The summed E-state index contributed by atoms with van der Waals surface area (Å²) in [7, 11) is 0. The van der Waals surface area contributed by atoms with Crippen LogP contribution in [-0.2, 0) is 23.9 Å². The first-order valence-corrected chi connectivity index (χ1v) is 14.4. The fourth-order valence-corrected chi connectivity index (χ4v) is 11.4. The van der Waals surface area contributed by atoms with E-state index in [9.17, 15) is 24.6 Å². The maximum atomic E-state index is 14.2. The second-order valence-corrected chi connectivity index (χ2v) is 14.2. The number of ketones is 1. The van der Waals surface area contributed by atoms with Crippen LogP contribution in [0, 0.1) is 64.6 Å². The predicted octanol–water partition coefficient (Wildman–Crippen LogP) is 3.06. The van der Waals surface area contributed by atoms with Crippen LogP contribution < -0.4 is 0 Å². The van der Waals surface area contributed by atoms with Crippen LogP contribution in [0.25, 0.3) is 0 Å². The molecule has 7 aliphatic rings. The van der Waals surface area contributed by atoms with E-state index in [1.54, 1.807) is 0 Å². The number of carbonyl (C=O) groups is 3. The number of esters is 2. The van der Waals surface area contributed by atoms with Crippen molar-refractivity contribution >= 4 is 17.7 Å². The fourth-order valence-electron chi connectivity index (χ4n) is 11.4. The van der Waals surface area contributed by atoms with Gasteiger partial charge in [0.15, 0.2) is 0 Å². The van der Waals surface area contributed by atoms with Crippen molar-refractivity contribution in [3.05, 3.63) is 11.1 Å². The molecule has 15 atom stereocenters. The zero-order chi connectivity index (χ0) is 26.6. The Kier molecular flexibility index (Phi) is 4.64. The quantitative estimate of drug-likeness (QED) is 0.379. The zero-order valence-electron chi connectivity index (χ0n) is 22.7. The van der Waals surface area contributed by atoms with Gasteiger partial charge in [0.1, 0.15) is 18.0 Å². The average molecular weight is 513 g/mol. The van der Waals surface area contributed by atoms with Gasteiger partial charge in [-0.2, -0.15) is 0 Å². The predicted molar refractivity (Wildman–Crippen MR) is 132 cm³/mol. The van der Waals surface area contributed by atoms with E-state index in [-0.39, 0.29) is 77.1 Å². The summed E-state index contributed by atoms with van der Waals surface area (Å²) in [6.45, 7) is 11.7. The fraction of sp³-hybridized carbons (Fsp3) is 0.833. The van der Waals surface area contributed by atoms with Gasteiger partial charge < -0.3 is 19.7 Å². The number of aliphatic hydroxyl groups is 2. The van der Waals surface area contributed by atoms with E-state index in [1.807, 2.05) is 34.6 Å². The van der Waals surface area contributed by atoms with E-state index >= 15 is 0 Å². The molecule has 2 aliphatic heterocycles. The van der Waals surface area contributed by atoms with Crippen LogP contribution in [0.4, 0.5) is 0 Å². The molecule has 2 saturated heterocycles. The highest BCUT2D eigenvalue weighted by molar-refractivity contribution is 5.91. The largest absolute Gasteiger partial charge is 0.461 e. The Morgan fingerprint density at radius 3 is 2.14 bits per heavy atom. The Morgan fingerprint density at radius 2 is 1.43 bits per heavy atom. The smallest absolute Gasteiger partial charge is 0.309 e. The summed E-state index contributed by atoms with van der Waals surface area (Å²) in [6, 6.07) is 0. The first kappa shape index (κ1) is 24.3. The van der Waals surface area contributed by atoms with Gasteiger partial charge in [-0.3, -0.25) is 14.4 Å². The standard InChI is InChI=1S/C30H40O7/c1-11-15-7-9-28(5,34)21-17(23(15)36-26(11)32)13(3)20-18(21)19-22(31)14(4)30(20)24(19)29(6,35)10-8-16-12(2)27(33)37-25(16)30/h11-12,14-16,18-21,23-25,34-35H,7-10H2,1-6H3/t11-,12+,14-,15-,16+,18-,19-,20-,21-,23+,24-,25-,28-,29-,30+/m0/s1. The number of hydrogen-bond donors (Lipinski definition) is 2. The Labute approximate surface area is 218 Å². The molecule has 7 heteroatoms. The van der Waals surface area contributed by atoms with Crippen LogP contribution in [0.1, 0.15) is 67.2 Å². The van der Waals surface area contributed by atoms with Crippen molar-refractivity contribution in [3.63, 3.8) is 0 Å². The third-order valence-corrected chi connectivity index (χ3v) is 12.8. The number of Topliss-reactive ketones (excluding diaryl/α,β-unsaturated/α-hetero) is 1. The molecule has 0 aromatic heterocycles. The minimum Gasteiger partial charge on any atom is -0.461 e. The monoisotopic (exact) mass is 512 g/mol. The molecule has 0 aromatic carbocycles. The maximum absolute atomic E-state index is 14.2. The molecule has 6 fully saturated rings. The summed E-state index contributed by atoms with van der Waals surface area (Å²) in [5.41, 5.74) is -0.794. The molecule has 2 heterocycles. The summed E-state index contributed by atoms with van der Waals surface area (Å²) in [5, 5.41) is 24.1. The molecule has 4 saturated carbocycles. The number of allylic oxidation sites excluding steroid dienone is 1. The van der Waals surface area contributed by atoms with Crippen LogP contribution in [0.5, 0.6) is 0 Å². The average Bonchev–Trinajstić information content (AvgIpc) is 3.50. The molecule has 0 spiro atoms. The van der Waals surface area contributed by atoms with Crippen molar-refractivity contribution < 1.29 is 34.1 Å². The molecule has 7 nitrogen and oxygen atoms in total. The van der Waals surface area contributed by atoms with Gasteiger partial charge in [-0.15, -0.1) is 0 Å². The third kappa shape index (κ3) is 2.55.